The van der Waals surface area contributed by atoms with E-state index >= 15 is 0 Å². The fourth-order valence-corrected chi connectivity index (χ4v) is 6.62. The van der Waals surface area contributed by atoms with E-state index in [0.29, 0.717) is 12.1 Å². The third-order valence-corrected chi connectivity index (χ3v) is 8.31. The van der Waals surface area contributed by atoms with E-state index in [1.807, 2.05) is 63.6 Å². The van der Waals surface area contributed by atoms with E-state index in [-0.39, 0.29) is 16.7 Å². The Bertz CT molecular complexity index is 723. The van der Waals surface area contributed by atoms with Crippen LogP contribution in [0.1, 0.15) is 78.2 Å². The van der Waals surface area contributed by atoms with Crippen LogP contribution in [0.4, 0.5) is 0 Å². The summed E-state index contributed by atoms with van der Waals surface area (Å²) in [7, 11) is -3.30. The van der Waals surface area contributed by atoms with Gasteiger partial charge in [0.05, 0.1) is 5.60 Å². The third kappa shape index (κ3) is 4.13. The molecule has 0 spiro atoms. The van der Waals surface area contributed by atoms with Crippen molar-refractivity contribution < 1.29 is 13.9 Å². The largest absolute Gasteiger partial charge is 0.309 e. The zero-order chi connectivity index (χ0) is 20.1. The van der Waals surface area contributed by atoms with Crippen LogP contribution in [0.3, 0.4) is 0 Å². The van der Waals surface area contributed by atoms with Gasteiger partial charge in [-0.25, -0.2) is 4.67 Å². The van der Waals surface area contributed by atoms with Gasteiger partial charge in [-0.2, -0.15) is 0 Å². The Hall–Kier alpha value is -0.960. The van der Waals surface area contributed by atoms with Crippen molar-refractivity contribution >= 4 is 13.3 Å². The molecule has 0 aromatic heterocycles. The van der Waals surface area contributed by atoms with Gasteiger partial charge in [0.25, 0.3) is 7.52 Å². The van der Waals surface area contributed by atoms with Crippen LogP contribution in [0.25, 0.3) is 0 Å². The zero-order valence-corrected chi connectivity index (χ0v) is 18.6. The Morgan fingerprint density at radius 1 is 1.12 bits per heavy atom. The monoisotopic (exact) mass is 379 g/mol. The number of hydrogen-bond donors (Lipinski definition) is 0. The Morgan fingerprint density at radius 3 is 2.04 bits per heavy atom. The number of rotatable bonds is 3. The van der Waals surface area contributed by atoms with Gasteiger partial charge in [-0.05, 0) is 52.5 Å². The number of ketones is 1. The van der Waals surface area contributed by atoms with E-state index in [1.165, 1.54) is 5.56 Å². The lowest BCUT2D eigenvalue weighted by Crippen LogP contribution is -2.41. The van der Waals surface area contributed by atoms with Gasteiger partial charge in [0.1, 0.15) is 5.66 Å². The van der Waals surface area contributed by atoms with Crippen LogP contribution < -0.4 is 0 Å². The summed E-state index contributed by atoms with van der Waals surface area (Å²) in [4.78, 5) is 13.1. The minimum absolute atomic E-state index is 0.0293. The molecule has 0 N–H and O–H groups in total. The molecular weight excluding hydrogens is 345 g/mol. The lowest BCUT2D eigenvalue weighted by molar-refractivity contribution is 0.0977. The summed E-state index contributed by atoms with van der Waals surface area (Å²) in [6.07, 6.45) is 0. The second kappa shape index (κ2) is 6.58. The topological polar surface area (TPSA) is 46.6 Å². The van der Waals surface area contributed by atoms with Crippen LogP contribution >= 0.6 is 7.52 Å². The summed E-state index contributed by atoms with van der Waals surface area (Å²) in [5.74, 6) is -0.124. The molecule has 1 aromatic rings. The van der Waals surface area contributed by atoms with Gasteiger partial charge in [-0.15, -0.1) is 0 Å². The molecule has 1 heterocycles. The molecule has 1 aliphatic heterocycles. The van der Waals surface area contributed by atoms with Crippen LogP contribution in [0.5, 0.6) is 0 Å². The summed E-state index contributed by atoms with van der Waals surface area (Å²) in [5.41, 5.74) is 0.206. The predicted octanol–water partition coefficient (Wildman–Crippen LogP) is 5.66. The Morgan fingerprint density at radius 2 is 1.62 bits per heavy atom. The van der Waals surface area contributed by atoms with Gasteiger partial charge in [0.2, 0.25) is 0 Å². The van der Waals surface area contributed by atoms with Crippen LogP contribution in [0, 0.1) is 0 Å². The molecule has 5 heteroatoms. The molecule has 4 nitrogen and oxygen atoms in total. The summed E-state index contributed by atoms with van der Waals surface area (Å²) in [6.45, 7) is 18.6. The molecule has 146 valence electrons. The fourth-order valence-electron chi connectivity index (χ4n) is 3.36. The van der Waals surface area contributed by atoms with E-state index in [9.17, 15) is 9.36 Å². The molecule has 1 aliphatic rings. The Kier molecular flexibility index (Phi) is 5.40. The molecule has 26 heavy (non-hydrogen) atoms. The number of benzene rings is 1. The quantitative estimate of drug-likeness (QED) is 0.502. The van der Waals surface area contributed by atoms with Gasteiger partial charge in [-0.3, -0.25) is 9.36 Å². The van der Waals surface area contributed by atoms with Crippen molar-refractivity contribution in [3.63, 3.8) is 0 Å². The average molecular weight is 379 g/mol. The highest BCUT2D eigenvalue weighted by atomic mass is 31.2. The van der Waals surface area contributed by atoms with Crippen molar-refractivity contribution in [1.29, 1.82) is 0 Å². The van der Waals surface area contributed by atoms with Crippen molar-refractivity contribution in [2.24, 2.45) is 0 Å². The fraction of sp³-hybridized carbons (Fsp3) is 0.667. The SMILES string of the molecule is CC(C(=O)c1ccc(C(C)(C)C)cc1)P1(=O)OC(C)(C)CN1C(C)(C)C. The molecule has 0 amide bonds. The number of carbonyl (C=O) groups excluding carboxylic acids is 1. The van der Waals surface area contributed by atoms with Crippen molar-refractivity contribution in [3.05, 3.63) is 35.4 Å². The first kappa shape index (κ1) is 21.3. The first-order valence-electron chi connectivity index (χ1n) is 9.31. The molecule has 0 radical (unpaired) electrons. The van der Waals surface area contributed by atoms with Gasteiger partial charge in [0, 0.05) is 17.6 Å². The summed E-state index contributed by atoms with van der Waals surface area (Å²) >= 11 is 0. The minimum Gasteiger partial charge on any atom is -0.309 e. The lowest BCUT2D eigenvalue weighted by Gasteiger charge is -2.36. The van der Waals surface area contributed by atoms with E-state index in [0.717, 1.165) is 0 Å². The summed E-state index contributed by atoms with van der Waals surface area (Å²) in [6, 6.07) is 7.65. The van der Waals surface area contributed by atoms with E-state index in [2.05, 4.69) is 20.8 Å². The second-order valence-corrected chi connectivity index (χ2v) is 12.6. The second-order valence-electron chi connectivity index (χ2n) is 10.0. The molecule has 1 fully saturated rings. The Labute approximate surface area is 158 Å². The molecule has 0 bridgehead atoms. The molecule has 2 unspecified atom stereocenters. The first-order valence-corrected chi connectivity index (χ1v) is 11.0. The minimum atomic E-state index is -3.30. The highest BCUT2D eigenvalue weighted by Gasteiger charge is 2.55. The highest BCUT2D eigenvalue weighted by molar-refractivity contribution is 7.58. The molecule has 2 atom stereocenters. The zero-order valence-electron chi connectivity index (χ0n) is 17.7. The molecule has 0 aliphatic carbocycles. The Balaban J connectivity index is 2.35. The highest BCUT2D eigenvalue weighted by Crippen LogP contribution is 2.65. The number of hydrogen-bond acceptors (Lipinski definition) is 3. The molecule has 0 saturated carbocycles. The number of nitrogens with zero attached hydrogens (tertiary/aromatic N) is 1. The van der Waals surface area contributed by atoms with E-state index in [4.69, 9.17) is 4.52 Å². The van der Waals surface area contributed by atoms with Gasteiger partial charge in [0.15, 0.2) is 5.78 Å². The standard InChI is InChI=1S/C21H34NO3P/c1-15(18(23)16-10-12-17(13-11-16)19(2,3)4)26(24)22(20(5,6)7)14-21(8,9)25-26/h10-13,15H,14H2,1-9H3. The van der Waals surface area contributed by atoms with Crippen molar-refractivity contribution in [2.75, 3.05) is 6.54 Å². The van der Waals surface area contributed by atoms with Gasteiger partial charge >= 0.3 is 0 Å². The molecule has 2 rings (SSSR count). The van der Waals surface area contributed by atoms with Gasteiger partial charge in [-0.1, -0.05) is 45.0 Å². The van der Waals surface area contributed by atoms with Crippen molar-refractivity contribution in [2.45, 2.75) is 84.5 Å². The first-order chi connectivity index (χ1) is 11.6. The van der Waals surface area contributed by atoms with Crippen LogP contribution in [0.15, 0.2) is 24.3 Å². The smallest absolute Gasteiger partial charge is 0.283 e. The lowest BCUT2D eigenvalue weighted by atomic mass is 9.86. The normalized spacial score (nSPS) is 25.3. The molecule has 1 saturated heterocycles. The van der Waals surface area contributed by atoms with Crippen LogP contribution in [-0.2, 0) is 14.5 Å². The number of carbonyl (C=O) groups is 1. The van der Waals surface area contributed by atoms with Crippen molar-refractivity contribution in [3.8, 4) is 0 Å². The van der Waals surface area contributed by atoms with Crippen LogP contribution in [0.2, 0.25) is 0 Å². The summed E-state index contributed by atoms with van der Waals surface area (Å²) in [5, 5.41) is 0. The molecule has 1 aromatic carbocycles. The van der Waals surface area contributed by atoms with E-state index < -0.39 is 18.8 Å². The van der Waals surface area contributed by atoms with E-state index in [1.54, 1.807) is 6.92 Å². The third-order valence-electron chi connectivity index (χ3n) is 4.92. The number of Topliss-reactive ketones (excluding diaryl/α,β-unsaturated/α-hetero) is 1. The summed E-state index contributed by atoms with van der Waals surface area (Å²) < 4.78 is 21.7. The average Bonchev–Trinajstić information content (AvgIpc) is 2.76. The maximum Gasteiger partial charge on any atom is 0.283 e. The van der Waals surface area contributed by atoms with Crippen LogP contribution in [-0.4, -0.2) is 33.8 Å². The maximum absolute atomic E-state index is 13.8. The predicted molar refractivity (Wildman–Crippen MR) is 108 cm³/mol. The van der Waals surface area contributed by atoms with Gasteiger partial charge < -0.3 is 4.52 Å². The molecular formula is C21H34NO3P. The maximum atomic E-state index is 13.8. The van der Waals surface area contributed by atoms with Crippen molar-refractivity contribution in [1.82, 2.24) is 4.67 Å².